The van der Waals surface area contributed by atoms with Crippen LogP contribution in [-0.2, 0) is 16.0 Å². The number of benzene rings is 1. The van der Waals surface area contributed by atoms with Crippen LogP contribution in [0.3, 0.4) is 0 Å². The number of thiazole rings is 1. The van der Waals surface area contributed by atoms with E-state index in [9.17, 15) is 9.59 Å². The Labute approximate surface area is 164 Å². The molecule has 1 fully saturated rings. The zero-order valence-electron chi connectivity index (χ0n) is 14.6. The van der Waals surface area contributed by atoms with Gasteiger partial charge in [0.2, 0.25) is 11.8 Å². The fourth-order valence-electron chi connectivity index (χ4n) is 2.81. The third-order valence-corrected chi connectivity index (χ3v) is 5.99. The maximum Gasteiger partial charge on any atom is 0.246 e. The number of rotatable bonds is 5. The molecule has 2 aromatic heterocycles. The van der Waals surface area contributed by atoms with Gasteiger partial charge in [0, 0.05) is 29.4 Å². The van der Waals surface area contributed by atoms with E-state index in [1.807, 2.05) is 53.2 Å². The first-order valence-corrected chi connectivity index (χ1v) is 10.3. The molecular formula is C18H17N5O2S2. The number of nitrogens with one attached hydrogen (secondary N) is 1. The minimum atomic E-state index is -0.229. The first-order chi connectivity index (χ1) is 13.2. The second-order valence-electron chi connectivity index (χ2n) is 5.90. The van der Waals surface area contributed by atoms with E-state index in [4.69, 9.17) is 0 Å². The van der Waals surface area contributed by atoms with E-state index in [1.165, 1.54) is 23.1 Å². The molecule has 1 aliphatic rings. The first kappa shape index (κ1) is 17.7. The molecule has 0 bridgehead atoms. The third-order valence-electron chi connectivity index (χ3n) is 4.14. The van der Waals surface area contributed by atoms with Gasteiger partial charge < -0.3 is 0 Å². The van der Waals surface area contributed by atoms with Crippen molar-refractivity contribution < 1.29 is 9.59 Å². The van der Waals surface area contributed by atoms with Crippen molar-refractivity contribution in [3.63, 3.8) is 0 Å². The van der Waals surface area contributed by atoms with Crippen molar-refractivity contribution in [2.24, 2.45) is 5.10 Å². The summed E-state index contributed by atoms with van der Waals surface area (Å²) in [6, 6.07) is 9.93. The van der Waals surface area contributed by atoms with Gasteiger partial charge in [-0.05, 0) is 6.92 Å². The van der Waals surface area contributed by atoms with Gasteiger partial charge in [-0.15, -0.1) is 16.4 Å². The Morgan fingerprint density at radius 2 is 2.15 bits per heavy atom. The van der Waals surface area contributed by atoms with Crippen LogP contribution in [0.5, 0.6) is 0 Å². The van der Waals surface area contributed by atoms with Crippen molar-refractivity contribution in [3.05, 3.63) is 47.6 Å². The van der Waals surface area contributed by atoms with Crippen molar-refractivity contribution in [3.8, 4) is 11.3 Å². The Hall–Kier alpha value is -2.65. The molecule has 9 heteroatoms. The number of hydrazone groups is 1. The number of aromatic nitrogens is 2. The highest BCUT2D eigenvalue weighted by Crippen LogP contribution is 2.24. The molecule has 1 saturated heterocycles. The van der Waals surface area contributed by atoms with Gasteiger partial charge in [-0.1, -0.05) is 42.1 Å². The molecular weight excluding hydrogens is 382 g/mol. The number of nitrogens with zero attached hydrogens (tertiary/aromatic N) is 4. The lowest BCUT2D eigenvalue weighted by atomic mass is 10.2. The summed E-state index contributed by atoms with van der Waals surface area (Å²) < 4.78 is 1.94. The molecule has 0 saturated carbocycles. The molecule has 1 aromatic carbocycles. The van der Waals surface area contributed by atoms with Crippen LogP contribution in [0.1, 0.15) is 12.6 Å². The molecule has 138 valence electrons. The van der Waals surface area contributed by atoms with Crippen molar-refractivity contribution in [1.29, 1.82) is 0 Å². The van der Waals surface area contributed by atoms with Crippen LogP contribution >= 0.6 is 23.1 Å². The lowest BCUT2D eigenvalue weighted by molar-refractivity contribution is -0.124. The minimum Gasteiger partial charge on any atom is -0.294 e. The number of fused-ring (bicyclic) bond motifs is 1. The van der Waals surface area contributed by atoms with Crippen LogP contribution in [0.4, 0.5) is 0 Å². The van der Waals surface area contributed by atoms with E-state index in [1.54, 1.807) is 4.90 Å². The van der Waals surface area contributed by atoms with Crippen LogP contribution in [0, 0.1) is 0 Å². The van der Waals surface area contributed by atoms with Crippen LogP contribution in [0.2, 0.25) is 0 Å². The zero-order chi connectivity index (χ0) is 18.8. The monoisotopic (exact) mass is 399 g/mol. The fourth-order valence-corrected chi connectivity index (χ4v) is 4.59. The number of amidine groups is 1. The van der Waals surface area contributed by atoms with E-state index < -0.39 is 0 Å². The normalized spacial score (nSPS) is 15.8. The third kappa shape index (κ3) is 3.60. The van der Waals surface area contributed by atoms with Crippen LogP contribution in [0.25, 0.3) is 16.2 Å². The van der Waals surface area contributed by atoms with Gasteiger partial charge in [-0.25, -0.2) is 10.4 Å². The molecule has 3 aromatic rings. The van der Waals surface area contributed by atoms with E-state index in [-0.39, 0.29) is 18.2 Å². The predicted octanol–water partition coefficient (Wildman–Crippen LogP) is 2.59. The molecule has 2 amide bonds. The quantitative estimate of drug-likeness (QED) is 0.669. The van der Waals surface area contributed by atoms with Crippen molar-refractivity contribution >= 4 is 45.0 Å². The van der Waals surface area contributed by atoms with Gasteiger partial charge in [0.05, 0.1) is 17.9 Å². The highest BCUT2D eigenvalue weighted by Gasteiger charge is 2.26. The summed E-state index contributed by atoms with van der Waals surface area (Å²) in [7, 11) is 0. The number of thioether (sulfide) groups is 1. The Bertz CT molecular complexity index is 1020. The highest BCUT2D eigenvalue weighted by molar-refractivity contribution is 8.15. The summed E-state index contributed by atoms with van der Waals surface area (Å²) >= 11 is 2.83. The average Bonchev–Trinajstić information content (AvgIpc) is 3.36. The van der Waals surface area contributed by atoms with Crippen molar-refractivity contribution in [2.45, 2.75) is 13.3 Å². The van der Waals surface area contributed by atoms with Crippen LogP contribution in [0.15, 0.2) is 47.0 Å². The Kier molecular flexibility index (Phi) is 4.95. The number of hydrogen-bond donors (Lipinski definition) is 1. The summed E-state index contributed by atoms with van der Waals surface area (Å²) in [4.78, 5) is 31.0. The second-order valence-corrected chi connectivity index (χ2v) is 7.68. The van der Waals surface area contributed by atoms with Crippen molar-refractivity contribution in [2.75, 3.05) is 12.3 Å². The molecule has 4 rings (SSSR count). The number of carbonyl (C=O) groups is 2. The summed E-state index contributed by atoms with van der Waals surface area (Å²) in [5.41, 5.74) is 5.33. The Morgan fingerprint density at radius 1 is 1.33 bits per heavy atom. The van der Waals surface area contributed by atoms with Gasteiger partial charge in [-0.3, -0.25) is 18.9 Å². The van der Waals surface area contributed by atoms with Gasteiger partial charge in [0.1, 0.15) is 0 Å². The number of carbonyl (C=O) groups excluding carboxylic acids is 2. The summed E-state index contributed by atoms with van der Waals surface area (Å²) in [5, 5.41) is 6.57. The second kappa shape index (κ2) is 7.53. The van der Waals surface area contributed by atoms with E-state index in [2.05, 4.69) is 15.5 Å². The first-order valence-electron chi connectivity index (χ1n) is 8.46. The number of amides is 2. The fraction of sp³-hybridized carbons (Fsp3) is 0.222. The SMILES string of the molecule is CCN1C(=O)CS/C1=N\NC(=O)Cc1csc2nc(-c3ccccc3)cn12. The zero-order valence-corrected chi connectivity index (χ0v) is 16.2. The van der Waals surface area contributed by atoms with E-state index in [0.717, 1.165) is 21.9 Å². The molecule has 0 radical (unpaired) electrons. The standard InChI is InChI=1S/C18H17N5O2S2/c1-2-22-16(25)11-27-18(22)21-20-15(24)8-13-10-26-17-19-14(9-23(13)17)12-6-4-3-5-7-12/h3-7,9-10H,2,8,11H2,1H3,(H,20,24)/b21-18-. The van der Waals surface area contributed by atoms with Crippen LogP contribution < -0.4 is 5.43 Å². The van der Waals surface area contributed by atoms with Gasteiger partial charge in [-0.2, -0.15) is 0 Å². The van der Waals surface area contributed by atoms with Gasteiger partial charge in [0.25, 0.3) is 0 Å². The summed E-state index contributed by atoms with van der Waals surface area (Å²) in [6.45, 7) is 2.43. The largest absolute Gasteiger partial charge is 0.294 e. The van der Waals surface area contributed by atoms with Crippen LogP contribution in [-0.4, -0.2) is 43.6 Å². The molecule has 0 spiro atoms. The van der Waals surface area contributed by atoms with Gasteiger partial charge in [0.15, 0.2) is 10.1 Å². The lowest BCUT2D eigenvalue weighted by Crippen LogP contribution is -2.31. The molecule has 0 unspecified atom stereocenters. The molecule has 0 atom stereocenters. The maximum atomic E-state index is 12.3. The van der Waals surface area contributed by atoms with E-state index >= 15 is 0 Å². The number of imidazole rings is 1. The predicted molar refractivity (Wildman–Crippen MR) is 108 cm³/mol. The van der Waals surface area contributed by atoms with Gasteiger partial charge >= 0.3 is 0 Å². The Morgan fingerprint density at radius 3 is 2.93 bits per heavy atom. The minimum absolute atomic E-state index is 0.0156. The molecule has 27 heavy (non-hydrogen) atoms. The Balaban J connectivity index is 1.48. The maximum absolute atomic E-state index is 12.3. The molecule has 3 heterocycles. The summed E-state index contributed by atoms with van der Waals surface area (Å²) in [6.07, 6.45) is 2.13. The number of hydrogen-bond acceptors (Lipinski definition) is 6. The smallest absolute Gasteiger partial charge is 0.246 e. The topological polar surface area (TPSA) is 79.1 Å². The lowest BCUT2D eigenvalue weighted by Gasteiger charge is -2.12. The molecule has 7 nitrogen and oxygen atoms in total. The highest BCUT2D eigenvalue weighted by atomic mass is 32.2. The van der Waals surface area contributed by atoms with Crippen molar-refractivity contribution in [1.82, 2.24) is 19.7 Å². The van der Waals surface area contributed by atoms with E-state index in [0.29, 0.717) is 17.5 Å². The molecule has 0 aliphatic carbocycles. The summed E-state index contributed by atoms with van der Waals surface area (Å²) in [5.74, 6) is 0.153. The molecule has 1 N–H and O–H groups in total. The average molecular weight is 400 g/mol. The molecule has 1 aliphatic heterocycles.